The molecule has 0 saturated carbocycles. The van der Waals surface area contributed by atoms with Crippen molar-refractivity contribution in [3.8, 4) is 0 Å². The molecule has 1 N–H and O–H groups in total. The highest BCUT2D eigenvalue weighted by atomic mass is 19.1. The number of nitrogens with zero attached hydrogens (tertiary/aromatic N) is 3. The van der Waals surface area contributed by atoms with Crippen LogP contribution in [-0.2, 0) is 0 Å². The van der Waals surface area contributed by atoms with Crippen molar-refractivity contribution in [1.29, 1.82) is 0 Å². The average molecular weight is 298 g/mol. The van der Waals surface area contributed by atoms with Crippen LogP contribution >= 0.6 is 0 Å². The Kier molecular flexibility index (Phi) is 3.58. The Labute approximate surface area is 126 Å². The number of amides is 1. The van der Waals surface area contributed by atoms with E-state index in [1.54, 1.807) is 28.9 Å². The Morgan fingerprint density at radius 3 is 2.77 bits per heavy atom. The van der Waals surface area contributed by atoms with Gasteiger partial charge >= 0.3 is 0 Å². The van der Waals surface area contributed by atoms with Gasteiger partial charge in [0.15, 0.2) is 0 Å². The van der Waals surface area contributed by atoms with E-state index in [1.807, 2.05) is 19.9 Å². The molecule has 6 heteroatoms. The van der Waals surface area contributed by atoms with Crippen molar-refractivity contribution in [2.45, 2.75) is 19.9 Å². The van der Waals surface area contributed by atoms with Crippen LogP contribution in [0, 0.1) is 5.82 Å². The number of aromatic nitrogens is 3. The molecule has 1 heterocycles. The van der Waals surface area contributed by atoms with Crippen molar-refractivity contribution in [1.82, 2.24) is 15.0 Å². The van der Waals surface area contributed by atoms with Gasteiger partial charge in [-0.25, -0.2) is 9.07 Å². The molecule has 3 rings (SSSR count). The number of carbonyl (C=O) groups is 1. The van der Waals surface area contributed by atoms with E-state index in [2.05, 4.69) is 15.6 Å². The topological polar surface area (TPSA) is 59.8 Å². The Morgan fingerprint density at radius 1 is 1.23 bits per heavy atom. The molecule has 0 atom stereocenters. The highest BCUT2D eigenvalue weighted by Crippen LogP contribution is 2.18. The first kappa shape index (κ1) is 14.2. The van der Waals surface area contributed by atoms with Gasteiger partial charge in [0.2, 0.25) is 0 Å². The second kappa shape index (κ2) is 5.55. The lowest BCUT2D eigenvalue weighted by atomic mass is 10.1. The van der Waals surface area contributed by atoms with Crippen LogP contribution in [0.5, 0.6) is 0 Å². The molecular weight excluding hydrogens is 283 g/mol. The Morgan fingerprint density at radius 2 is 2.05 bits per heavy atom. The number of fused-ring (bicyclic) bond motifs is 1. The van der Waals surface area contributed by atoms with Crippen molar-refractivity contribution in [2.75, 3.05) is 5.32 Å². The third-order valence-electron chi connectivity index (χ3n) is 3.30. The Bertz CT molecular complexity index is 841. The van der Waals surface area contributed by atoms with E-state index in [0.29, 0.717) is 16.8 Å². The number of benzene rings is 2. The fourth-order valence-electron chi connectivity index (χ4n) is 2.23. The standard InChI is InChI=1S/C16H15FN4O/c1-10(2)21-15-7-6-11(8-14(15)19-20-21)16(22)18-13-5-3-4-12(17)9-13/h3-10H,1-2H3,(H,18,22). The van der Waals surface area contributed by atoms with Gasteiger partial charge in [-0.2, -0.15) is 0 Å². The molecule has 0 saturated heterocycles. The molecule has 0 radical (unpaired) electrons. The summed E-state index contributed by atoms with van der Waals surface area (Å²) in [6, 6.07) is 11.2. The zero-order valence-corrected chi connectivity index (χ0v) is 12.2. The Balaban J connectivity index is 1.88. The van der Waals surface area contributed by atoms with Crippen molar-refractivity contribution < 1.29 is 9.18 Å². The first-order valence-electron chi connectivity index (χ1n) is 6.96. The molecular formula is C16H15FN4O. The first-order valence-corrected chi connectivity index (χ1v) is 6.96. The molecule has 0 aliphatic heterocycles. The molecule has 22 heavy (non-hydrogen) atoms. The molecule has 0 aliphatic carbocycles. The van der Waals surface area contributed by atoms with E-state index in [4.69, 9.17) is 0 Å². The first-order chi connectivity index (χ1) is 10.5. The molecule has 0 spiro atoms. The van der Waals surface area contributed by atoms with Crippen molar-refractivity contribution in [2.24, 2.45) is 0 Å². The fourth-order valence-corrected chi connectivity index (χ4v) is 2.23. The van der Waals surface area contributed by atoms with E-state index >= 15 is 0 Å². The van der Waals surface area contributed by atoms with E-state index in [-0.39, 0.29) is 11.9 Å². The molecule has 2 aromatic carbocycles. The third kappa shape index (κ3) is 2.67. The minimum Gasteiger partial charge on any atom is -0.322 e. The van der Waals surface area contributed by atoms with Crippen molar-refractivity contribution >= 4 is 22.6 Å². The number of hydrogen-bond donors (Lipinski definition) is 1. The van der Waals surface area contributed by atoms with E-state index in [0.717, 1.165) is 5.52 Å². The van der Waals surface area contributed by atoms with Crippen LogP contribution in [0.1, 0.15) is 30.2 Å². The maximum absolute atomic E-state index is 13.1. The quantitative estimate of drug-likeness (QED) is 0.806. The largest absolute Gasteiger partial charge is 0.322 e. The van der Waals surface area contributed by atoms with E-state index in [9.17, 15) is 9.18 Å². The number of halogens is 1. The molecule has 1 aromatic heterocycles. The zero-order valence-electron chi connectivity index (χ0n) is 12.2. The summed E-state index contributed by atoms with van der Waals surface area (Å²) in [6.45, 7) is 4.03. The van der Waals surface area contributed by atoms with Crippen molar-refractivity contribution in [3.05, 3.63) is 53.8 Å². The average Bonchev–Trinajstić information content (AvgIpc) is 2.90. The fraction of sp³-hybridized carbons (Fsp3) is 0.188. The van der Waals surface area contributed by atoms with Crippen LogP contribution in [0.3, 0.4) is 0 Å². The van der Waals surface area contributed by atoms with Gasteiger partial charge in [0, 0.05) is 17.3 Å². The van der Waals surface area contributed by atoms with Gasteiger partial charge < -0.3 is 5.32 Å². The second-order valence-corrected chi connectivity index (χ2v) is 5.30. The lowest BCUT2D eigenvalue weighted by Gasteiger charge is -2.07. The summed E-state index contributed by atoms with van der Waals surface area (Å²) in [5.41, 5.74) is 2.39. The lowest BCUT2D eigenvalue weighted by molar-refractivity contribution is 0.102. The smallest absolute Gasteiger partial charge is 0.255 e. The van der Waals surface area contributed by atoms with Crippen LogP contribution in [-0.4, -0.2) is 20.9 Å². The Hall–Kier alpha value is -2.76. The number of anilines is 1. The molecule has 5 nitrogen and oxygen atoms in total. The molecule has 0 unspecified atom stereocenters. The van der Waals surface area contributed by atoms with Gasteiger partial charge in [0.05, 0.1) is 5.52 Å². The van der Waals surface area contributed by atoms with Gasteiger partial charge in [-0.15, -0.1) is 5.10 Å². The third-order valence-corrected chi connectivity index (χ3v) is 3.30. The lowest BCUT2D eigenvalue weighted by Crippen LogP contribution is -2.12. The van der Waals surface area contributed by atoms with Gasteiger partial charge in [-0.3, -0.25) is 4.79 Å². The van der Waals surface area contributed by atoms with Gasteiger partial charge in [0.25, 0.3) is 5.91 Å². The molecule has 0 fully saturated rings. The summed E-state index contributed by atoms with van der Waals surface area (Å²) in [7, 11) is 0. The molecule has 0 bridgehead atoms. The highest BCUT2D eigenvalue weighted by molar-refractivity contribution is 6.05. The SMILES string of the molecule is CC(C)n1nnc2cc(C(=O)Nc3cccc(F)c3)ccc21. The monoisotopic (exact) mass is 298 g/mol. The van der Waals surface area contributed by atoms with E-state index < -0.39 is 5.82 Å². The number of carbonyl (C=O) groups excluding carboxylic acids is 1. The zero-order chi connectivity index (χ0) is 15.7. The predicted octanol–water partition coefficient (Wildman–Crippen LogP) is 3.40. The summed E-state index contributed by atoms with van der Waals surface area (Å²) >= 11 is 0. The van der Waals surface area contributed by atoms with Crippen LogP contribution < -0.4 is 5.32 Å². The van der Waals surface area contributed by atoms with Gasteiger partial charge in [0.1, 0.15) is 11.3 Å². The molecule has 1 amide bonds. The minimum atomic E-state index is -0.395. The van der Waals surface area contributed by atoms with Crippen LogP contribution in [0.25, 0.3) is 11.0 Å². The molecule has 0 aliphatic rings. The summed E-state index contributed by atoms with van der Waals surface area (Å²) < 4.78 is 14.9. The van der Waals surface area contributed by atoms with Gasteiger partial charge in [-0.1, -0.05) is 11.3 Å². The highest BCUT2D eigenvalue weighted by Gasteiger charge is 2.12. The van der Waals surface area contributed by atoms with Crippen molar-refractivity contribution in [3.63, 3.8) is 0 Å². The van der Waals surface area contributed by atoms with Crippen LogP contribution in [0.15, 0.2) is 42.5 Å². The summed E-state index contributed by atoms with van der Waals surface area (Å²) in [5, 5.41) is 10.8. The summed E-state index contributed by atoms with van der Waals surface area (Å²) in [6.07, 6.45) is 0. The van der Waals surface area contributed by atoms with Crippen LogP contribution in [0.2, 0.25) is 0 Å². The normalized spacial score (nSPS) is 11.1. The summed E-state index contributed by atoms with van der Waals surface area (Å²) in [4.78, 5) is 12.2. The second-order valence-electron chi connectivity index (χ2n) is 5.30. The number of nitrogens with one attached hydrogen (secondary N) is 1. The predicted molar refractivity (Wildman–Crippen MR) is 82.3 cm³/mol. The van der Waals surface area contributed by atoms with Crippen LogP contribution in [0.4, 0.5) is 10.1 Å². The number of rotatable bonds is 3. The molecule has 112 valence electrons. The summed E-state index contributed by atoms with van der Waals surface area (Å²) in [5.74, 6) is -0.709. The van der Waals surface area contributed by atoms with Gasteiger partial charge in [-0.05, 0) is 50.2 Å². The molecule has 3 aromatic rings. The minimum absolute atomic E-state index is 0.192. The van der Waals surface area contributed by atoms with E-state index in [1.165, 1.54) is 12.1 Å². The maximum atomic E-state index is 13.1. The number of hydrogen-bond acceptors (Lipinski definition) is 3. The maximum Gasteiger partial charge on any atom is 0.255 e.